The fraction of sp³-hybridized carbons (Fsp3) is 0.550. The van der Waals surface area contributed by atoms with Gasteiger partial charge in [-0.25, -0.2) is 4.39 Å². The van der Waals surface area contributed by atoms with Crippen LogP contribution in [0.2, 0.25) is 0 Å². The first-order valence-electron chi connectivity index (χ1n) is 9.82. The number of hydrogen-bond acceptors (Lipinski definition) is 4. The smallest absolute Gasteiger partial charge is 0.194 e. The van der Waals surface area contributed by atoms with E-state index in [0.717, 1.165) is 43.3 Å². The van der Waals surface area contributed by atoms with Gasteiger partial charge in [0, 0.05) is 52.9 Å². The predicted octanol–water partition coefficient (Wildman–Crippen LogP) is 2.48. The highest BCUT2D eigenvalue weighted by Gasteiger charge is 2.08. The van der Waals surface area contributed by atoms with Crippen molar-refractivity contribution in [1.82, 2.24) is 25.0 Å². The van der Waals surface area contributed by atoms with Gasteiger partial charge in [0.05, 0.1) is 0 Å². The van der Waals surface area contributed by atoms with E-state index in [1.54, 1.807) is 18.5 Å². The molecule has 0 aliphatic rings. The SMILES string of the molecule is CCOCCCN=C(NCCn1cnnc1CC)N(C)Cc1ccc(F)cc1. The zero-order valence-corrected chi connectivity index (χ0v) is 17.1. The van der Waals surface area contributed by atoms with Crippen LogP contribution in [0, 0.1) is 5.82 Å². The first-order valence-corrected chi connectivity index (χ1v) is 9.82. The lowest BCUT2D eigenvalue weighted by atomic mass is 10.2. The van der Waals surface area contributed by atoms with Gasteiger partial charge in [-0.05, 0) is 31.0 Å². The van der Waals surface area contributed by atoms with Crippen LogP contribution in [0.15, 0.2) is 35.6 Å². The van der Waals surface area contributed by atoms with Crippen molar-refractivity contribution in [1.29, 1.82) is 0 Å². The molecular weight excluding hydrogens is 359 g/mol. The Morgan fingerprint density at radius 1 is 1.29 bits per heavy atom. The third-order valence-corrected chi connectivity index (χ3v) is 4.25. The second-order valence-corrected chi connectivity index (χ2v) is 6.46. The van der Waals surface area contributed by atoms with E-state index in [0.29, 0.717) is 26.2 Å². The number of ether oxygens (including phenoxy) is 1. The molecule has 2 aromatic rings. The average Bonchev–Trinajstić information content (AvgIpc) is 3.15. The van der Waals surface area contributed by atoms with Crippen molar-refractivity contribution in [3.8, 4) is 0 Å². The Balaban J connectivity index is 1.94. The van der Waals surface area contributed by atoms with Crippen molar-refractivity contribution in [2.45, 2.75) is 39.8 Å². The van der Waals surface area contributed by atoms with Gasteiger partial charge in [0.1, 0.15) is 18.0 Å². The van der Waals surface area contributed by atoms with Gasteiger partial charge in [-0.3, -0.25) is 4.99 Å². The molecule has 0 aliphatic heterocycles. The van der Waals surface area contributed by atoms with Crippen LogP contribution < -0.4 is 5.32 Å². The number of nitrogens with one attached hydrogen (secondary N) is 1. The highest BCUT2D eigenvalue weighted by molar-refractivity contribution is 5.79. The Kier molecular flexibility index (Phi) is 9.41. The molecule has 0 atom stereocenters. The summed E-state index contributed by atoms with van der Waals surface area (Å²) in [5, 5.41) is 11.5. The van der Waals surface area contributed by atoms with Gasteiger partial charge in [-0.2, -0.15) is 0 Å². The topological polar surface area (TPSA) is 67.6 Å². The maximum absolute atomic E-state index is 13.1. The second-order valence-electron chi connectivity index (χ2n) is 6.46. The van der Waals surface area contributed by atoms with E-state index < -0.39 is 0 Å². The Morgan fingerprint density at radius 3 is 2.79 bits per heavy atom. The Bertz CT molecular complexity index is 716. The van der Waals surface area contributed by atoms with E-state index >= 15 is 0 Å². The Labute approximate surface area is 166 Å². The molecule has 7 nitrogen and oxygen atoms in total. The molecule has 1 aromatic heterocycles. The minimum absolute atomic E-state index is 0.227. The van der Waals surface area contributed by atoms with Gasteiger partial charge >= 0.3 is 0 Å². The molecule has 0 spiro atoms. The molecule has 0 bridgehead atoms. The molecule has 1 heterocycles. The molecule has 0 unspecified atom stereocenters. The molecule has 0 saturated heterocycles. The largest absolute Gasteiger partial charge is 0.382 e. The first-order chi connectivity index (χ1) is 13.6. The summed E-state index contributed by atoms with van der Waals surface area (Å²) < 4.78 is 20.6. The molecule has 1 N–H and O–H groups in total. The number of halogens is 1. The van der Waals surface area contributed by atoms with E-state index in [9.17, 15) is 4.39 Å². The lowest BCUT2D eigenvalue weighted by Crippen LogP contribution is -2.40. The average molecular weight is 391 g/mol. The maximum Gasteiger partial charge on any atom is 0.194 e. The summed E-state index contributed by atoms with van der Waals surface area (Å²) >= 11 is 0. The van der Waals surface area contributed by atoms with E-state index in [1.807, 2.05) is 23.4 Å². The van der Waals surface area contributed by atoms with E-state index in [-0.39, 0.29) is 5.82 Å². The molecule has 0 fully saturated rings. The van der Waals surface area contributed by atoms with Gasteiger partial charge < -0.3 is 19.5 Å². The Hall–Kier alpha value is -2.48. The summed E-state index contributed by atoms with van der Waals surface area (Å²) in [6.45, 7) is 8.28. The zero-order chi connectivity index (χ0) is 20.2. The number of rotatable bonds is 11. The van der Waals surface area contributed by atoms with Gasteiger partial charge in [-0.1, -0.05) is 19.1 Å². The number of aliphatic imine (C=N–C) groups is 1. The fourth-order valence-electron chi connectivity index (χ4n) is 2.77. The molecule has 1 aromatic carbocycles. The van der Waals surface area contributed by atoms with Crippen LogP contribution in [-0.4, -0.2) is 59.0 Å². The van der Waals surface area contributed by atoms with Crippen molar-refractivity contribution in [3.05, 3.63) is 47.8 Å². The quantitative estimate of drug-likeness (QED) is 0.363. The molecule has 154 valence electrons. The molecule has 0 aliphatic carbocycles. The minimum Gasteiger partial charge on any atom is -0.382 e. The van der Waals surface area contributed by atoms with Crippen LogP contribution in [0.4, 0.5) is 4.39 Å². The van der Waals surface area contributed by atoms with E-state index in [2.05, 4.69) is 22.4 Å². The number of aromatic nitrogens is 3. The number of benzene rings is 1. The maximum atomic E-state index is 13.1. The Morgan fingerprint density at radius 2 is 2.07 bits per heavy atom. The third-order valence-electron chi connectivity index (χ3n) is 4.25. The standard InChI is InChI=1S/C20H31FN6O/c1-4-19-25-24-16-27(19)13-12-23-20(22-11-6-14-28-5-2)26(3)15-17-7-9-18(21)10-8-17/h7-10,16H,4-6,11-15H2,1-3H3,(H,22,23). The lowest BCUT2D eigenvalue weighted by molar-refractivity contribution is 0.146. The van der Waals surface area contributed by atoms with Crippen molar-refractivity contribution in [3.63, 3.8) is 0 Å². The summed E-state index contributed by atoms with van der Waals surface area (Å²) in [6, 6.07) is 6.55. The van der Waals surface area contributed by atoms with Gasteiger partial charge in [-0.15, -0.1) is 10.2 Å². The second kappa shape index (κ2) is 12.1. The number of guanidine groups is 1. The van der Waals surface area contributed by atoms with Gasteiger partial charge in [0.25, 0.3) is 0 Å². The summed E-state index contributed by atoms with van der Waals surface area (Å²) in [5.41, 5.74) is 1.03. The van der Waals surface area contributed by atoms with E-state index in [1.165, 1.54) is 12.1 Å². The molecule has 0 amide bonds. The highest BCUT2D eigenvalue weighted by Crippen LogP contribution is 2.06. The summed E-state index contributed by atoms with van der Waals surface area (Å²) in [4.78, 5) is 6.75. The van der Waals surface area contributed by atoms with Crippen molar-refractivity contribution < 1.29 is 9.13 Å². The third kappa shape index (κ3) is 7.26. The minimum atomic E-state index is -0.227. The van der Waals surface area contributed by atoms with Gasteiger partial charge in [0.15, 0.2) is 5.96 Å². The molecule has 0 radical (unpaired) electrons. The lowest BCUT2D eigenvalue weighted by Gasteiger charge is -2.23. The molecular formula is C20H31FN6O. The van der Waals surface area contributed by atoms with Crippen LogP contribution in [0.1, 0.15) is 31.7 Å². The van der Waals surface area contributed by atoms with E-state index in [4.69, 9.17) is 9.73 Å². The molecule has 28 heavy (non-hydrogen) atoms. The van der Waals surface area contributed by atoms with Crippen LogP contribution in [0.25, 0.3) is 0 Å². The van der Waals surface area contributed by atoms with Crippen LogP contribution >= 0.6 is 0 Å². The van der Waals surface area contributed by atoms with Crippen LogP contribution in [-0.2, 0) is 24.2 Å². The van der Waals surface area contributed by atoms with Crippen molar-refractivity contribution in [2.75, 3.05) is 33.4 Å². The molecule has 8 heteroatoms. The van der Waals surface area contributed by atoms with Crippen molar-refractivity contribution >= 4 is 5.96 Å². The highest BCUT2D eigenvalue weighted by atomic mass is 19.1. The summed E-state index contributed by atoms with van der Waals surface area (Å²) in [7, 11) is 1.98. The number of nitrogens with zero attached hydrogens (tertiary/aromatic N) is 5. The van der Waals surface area contributed by atoms with Crippen molar-refractivity contribution in [2.24, 2.45) is 4.99 Å². The fourth-order valence-corrected chi connectivity index (χ4v) is 2.77. The summed E-state index contributed by atoms with van der Waals surface area (Å²) in [6.07, 6.45) is 3.47. The van der Waals surface area contributed by atoms with Crippen LogP contribution in [0.5, 0.6) is 0 Å². The first kappa shape index (κ1) is 21.8. The van der Waals surface area contributed by atoms with Gasteiger partial charge in [0.2, 0.25) is 0 Å². The monoisotopic (exact) mass is 390 g/mol. The zero-order valence-electron chi connectivity index (χ0n) is 17.1. The number of aryl methyl sites for hydroxylation is 1. The normalized spacial score (nSPS) is 11.6. The molecule has 2 rings (SSSR count). The number of hydrogen-bond donors (Lipinski definition) is 1. The summed E-state index contributed by atoms with van der Waals surface area (Å²) in [5.74, 6) is 1.55. The predicted molar refractivity (Wildman–Crippen MR) is 109 cm³/mol. The molecule has 0 saturated carbocycles. The van der Waals surface area contributed by atoms with Crippen LogP contribution in [0.3, 0.4) is 0 Å².